The monoisotopic (exact) mass is 252 g/mol. The molecule has 0 aliphatic heterocycles. The Labute approximate surface area is 113 Å². The Bertz CT molecular complexity index is 241. The van der Waals surface area contributed by atoms with E-state index in [1.165, 1.54) is 57.8 Å². The molecule has 0 aromatic carbocycles. The van der Waals surface area contributed by atoms with Gasteiger partial charge in [-0.2, -0.15) is 0 Å². The fourth-order valence-corrected chi connectivity index (χ4v) is 4.49. The molecule has 0 radical (unpaired) electrons. The van der Waals surface area contributed by atoms with E-state index in [9.17, 15) is 0 Å². The molecule has 0 saturated heterocycles. The summed E-state index contributed by atoms with van der Waals surface area (Å²) in [5.74, 6) is 9.45. The summed E-state index contributed by atoms with van der Waals surface area (Å²) in [4.78, 5) is 0. The maximum Gasteiger partial charge on any atom is 0.0267 e. The lowest BCUT2D eigenvalue weighted by molar-refractivity contribution is 0.130. The van der Waals surface area contributed by atoms with E-state index in [4.69, 9.17) is 5.84 Å². The number of hydrazine groups is 1. The van der Waals surface area contributed by atoms with Gasteiger partial charge in [-0.3, -0.25) is 11.3 Å². The first-order chi connectivity index (χ1) is 8.74. The molecule has 2 aliphatic carbocycles. The smallest absolute Gasteiger partial charge is 0.0267 e. The summed E-state index contributed by atoms with van der Waals surface area (Å²) in [6.45, 7) is 4.76. The second kappa shape index (κ2) is 6.91. The van der Waals surface area contributed by atoms with Crippen LogP contribution in [0.2, 0.25) is 0 Å². The van der Waals surface area contributed by atoms with Crippen LogP contribution in [-0.2, 0) is 0 Å². The molecule has 5 atom stereocenters. The maximum atomic E-state index is 5.92. The van der Waals surface area contributed by atoms with Gasteiger partial charge in [0.1, 0.15) is 0 Å². The average Bonchev–Trinajstić information content (AvgIpc) is 2.40. The molecule has 5 unspecified atom stereocenters. The normalized spacial score (nSPS) is 39.5. The first-order valence-electron chi connectivity index (χ1n) is 8.20. The van der Waals surface area contributed by atoms with Crippen LogP contribution in [-0.4, -0.2) is 6.04 Å². The third kappa shape index (κ3) is 3.48. The van der Waals surface area contributed by atoms with Crippen LogP contribution in [0.25, 0.3) is 0 Å². The van der Waals surface area contributed by atoms with Crippen LogP contribution in [0, 0.1) is 23.7 Å². The van der Waals surface area contributed by atoms with Gasteiger partial charge in [-0.15, -0.1) is 0 Å². The van der Waals surface area contributed by atoms with Crippen molar-refractivity contribution in [2.45, 2.75) is 77.7 Å². The van der Waals surface area contributed by atoms with Gasteiger partial charge in [0, 0.05) is 6.04 Å². The molecule has 2 rings (SSSR count). The van der Waals surface area contributed by atoms with Crippen LogP contribution in [0.4, 0.5) is 0 Å². The molecule has 3 N–H and O–H groups in total. The fourth-order valence-electron chi connectivity index (χ4n) is 4.49. The van der Waals surface area contributed by atoms with Crippen molar-refractivity contribution in [2.24, 2.45) is 29.5 Å². The molecule has 0 bridgehead atoms. The van der Waals surface area contributed by atoms with Gasteiger partial charge in [0.25, 0.3) is 0 Å². The Morgan fingerprint density at radius 1 is 1.06 bits per heavy atom. The third-order valence-electron chi connectivity index (χ3n) is 5.59. The van der Waals surface area contributed by atoms with Gasteiger partial charge in [0.2, 0.25) is 0 Å². The Morgan fingerprint density at radius 3 is 2.33 bits per heavy atom. The molecule has 2 fully saturated rings. The SMILES string of the molecule is CCC1CCCC(C(NN)C2CCCC(C)C2)C1. The Balaban J connectivity index is 1.94. The van der Waals surface area contributed by atoms with E-state index in [-0.39, 0.29) is 0 Å². The molecule has 2 aliphatic rings. The fraction of sp³-hybridized carbons (Fsp3) is 1.00. The first kappa shape index (κ1) is 14.3. The molecule has 18 heavy (non-hydrogen) atoms. The van der Waals surface area contributed by atoms with Gasteiger partial charge < -0.3 is 0 Å². The van der Waals surface area contributed by atoms with E-state index in [1.54, 1.807) is 0 Å². The van der Waals surface area contributed by atoms with E-state index in [1.807, 2.05) is 0 Å². The number of hydrogen-bond acceptors (Lipinski definition) is 2. The standard InChI is InChI=1S/C16H32N2/c1-3-13-7-5-9-15(11-13)16(18-17)14-8-4-6-12(2)10-14/h12-16,18H,3-11,17H2,1-2H3. The minimum absolute atomic E-state index is 0.585. The van der Waals surface area contributed by atoms with Crippen LogP contribution in [0.15, 0.2) is 0 Å². The van der Waals surface area contributed by atoms with E-state index < -0.39 is 0 Å². The Morgan fingerprint density at radius 2 is 1.72 bits per heavy atom. The summed E-state index contributed by atoms with van der Waals surface area (Å²) >= 11 is 0. The minimum Gasteiger partial charge on any atom is -0.271 e. The lowest BCUT2D eigenvalue weighted by Crippen LogP contribution is -2.48. The van der Waals surface area contributed by atoms with Gasteiger partial charge in [0.15, 0.2) is 0 Å². The van der Waals surface area contributed by atoms with Crippen molar-refractivity contribution in [3.63, 3.8) is 0 Å². The van der Waals surface area contributed by atoms with Gasteiger partial charge >= 0.3 is 0 Å². The minimum atomic E-state index is 0.585. The highest BCUT2D eigenvalue weighted by molar-refractivity contribution is 4.88. The molecule has 0 aromatic heterocycles. The van der Waals surface area contributed by atoms with Crippen molar-refractivity contribution < 1.29 is 0 Å². The maximum absolute atomic E-state index is 5.92. The number of nitrogens with two attached hydrogens (primary N) is 1. The predicted molar refractivity (Wildman–Crippen MR) is 78.0 cm³/mol. The zero-order valence-corrected chi connectivity index (χ0v) is 12.3. The Hall–Kier alpha value is -0.0800. The lowest BCUT2D eigenvalue weighted by atomic mass is 9.69. The summed E-state index contributed by atoms with van der Waals surface area (Å²) in [5.41, 5.74) is 3.21. The molecule has 0 heterocycles. The molecular formula is C16H32N2. The van der Waals surface area contributed by atoms with Gasteiger partial charge in [-0.1, -0.05) is 46.0 Å². The quantitative estimate of drug-likeness (QED) is 0.589. The van der Waals surface area contributed by atoms with Crippen molar-refractivity contribution in [1.29, 1.82) is 0 Å². The summed E-state index contributed by atoms with van der Waals surface area (Å²) < 4.78 is 0. The van der Waals surface area contributed by atoms with E-state index >= 15 is 0 Å². The van der Waals surface area contributed by atoms with Gasteiger partial charge in [-0.25, -0.2) is 0 Å². The van der Waals surface area contributed by atoms with Crippen LogP contribution >= 0.6 is 0 Å². The summed E-state index contributed by atoms with van der Waals surface area (Å²) in [7, 11) is 0. The molecule has 2 saturated carbocycles. The zero-order chi connectivity index (χ0) is 13.0. The number of hydrogen-bond donors (Lipinski definition) is 2. The van der Waals surface area contributed by atoms with Gasteiger partial charge in [-0.05, 0) is 49.4 Å². The Kier molecular flexibility index (Phi) is 5.50. The van der Waals surface area contributed by atoms with Crippen LogP contribution in [0.5, 0.6) is 0 Å². The number of nitrogens with one attached hydrogen (secondary N) is 1. The van der Waals surface area contributed by atoms with Gasteiger partial charge in [0.05, 0.1) is 0 Å². The zero-order valence-electron chi connectivity index (χ0n) is 12.3. The third-order valence-corrected chi connectivity index (χ3v) is 5.59. The summed E-state index contributed by atoms with van der Waals surface area (Å²) in [6.07, 6.45) is 12.7. The first-order valence-corrected chi connectivity index (χ1v) is 8.20. The summed E-state index contributed by atoms with van der Waals surface area (Å²) in [6, 6.07) is 0.585. The van der Waals surface area contributed by atoms with Crippen LogP contribution in [0.3, 0.4) is 0 Å². The summed E-state index contributed by atoms with van der Waals surface area (Å²) in [5, 5.41) is 0. The molecule has 0 amide bonds. The molecule has 0 spiro atoms. The lowest BCUT2D eigenvalue weighted by Gasteiger charge is -2.40. The second-order valence-electron chi connectivity index (χ2n) is 6.93. The van der Waals surface area contributed by atoms with E-state index in [2.05, 4.69) is 19.3 Å². The van der Waals surface area contributed by atoms with Crippen molar-refractivity contribution in [1.82, 2.24) is 5.43 Å². The topological polar surface area (TPSA) is 38.0 Å². The molecule has 106 valence electrons. The molecule has 2 nitrogen and oxygen atoms in total. The molecule has 0 aromatic rings. The highest BCUT2D eigenvalue weighted by atomic mass is 15.2. The van der Waals surface area contributed by atoms with Crippen LogP contribution in [0.1, 0.15) is 71.6 Å². The van der Waals surface area contributed by atoms with Crippen molar-refractivity contribution in [3.8, 4) is 0 Å². The van der Waals surface area contributed by atoms with Crippen molar-refractivity contribution in [3.05, 3.63) is 0 Å². The van der Waals surface area contributed by atoms with Crippen LogP contribution < -0.4 is 11.3 Å². The predicted octanol–water partition coefficient (Wildman–Crippen LogP) is 3.86. The highest BCUT2D eigenvalue weighted by Crippen LogP contribution is 2.39. The van der Waals surface area contributed by atoms with Crippen molar-refractivity contribution >= 4 is 0 Å². The molecular weight excluding hydrogens is 220 g/mol. The highest BCUT2D eigenvalue weighted by Gasteiger charge is 2.34. The van der Waals surface area contributed by atoms with Crippen molar-refractivity contribution in [2.75, 3.05) is 0 Å². The largest absolute Gasteiger partial charge is 0.271 e. The van der Waals surface area contributed by atoms with E-state index in [0.29, 0.717) is 6.04 Å². The average molecular weight is 252 g/mol. The van der Waals surface area contributed by atoms with E-state index in [0.717, 1.165) is 23.7 Å². The second-order valence-corrected chi connectivity index (χ2v) is 6.93. The molecule has 2 heteroatoms. The number of rotatable bonds is 4.